The van der Waals surface area contributed by atoms with E-state index in [2.05, 4.69) is 101 Å². The molecule has 4 amide bonds. The molecule has 20 rings (SSSR count). The fourth-order valence-corrected chi connectivity index (χ4v) is 16.4. The van der Waals surface area contributed by atoms with Crippen molar-refractivity contribution >= 4 is 46.4 Å². The minimum atomic E-state index is -0.324. The van der Waals surface area contributed by atoms with Crippen LogP contribution in [0.3, 0.4) is 0 Å². The van der Waals surface area contributed by atoms with Crippen molar-refractivity contribution in [1.29, 1.82) is 0 Å². The van der Waals surface area contributed by atoms with Crippen molar-refractivity contribution in [2.24, 2.45) is 0 Å². The first-order valence-electron chi connectivity index (χ1n) is 44.6. The van der Waals surface area contributed by atoms with Crippen LogP contribution in [0.25, 0.3) is 90.6 Å². The number of ether oxygens (including phenoxy) is 4. The lowest BCUT2D eigenvalue weighted by Crippen LogP contribution is -2.32. The molecule has 6 N–H and O–H groups in total. The van der Waals surface area contributed by atoms with E-state index in [9.17, 15) is 19.2 Å². The van der Waals surface area contributed by atoms with Crippen LogP contribution < -0.4 is 21.3 Å². The number of amides is 4. The molecule has 134 heavy (non-hydrogen) atoms. The van der Waals surface area contributed by atoms with Gasteiger partial charge in [-0.2, -0.15) is 30.6 Å². The summed E-state index contributed by atoms with van der Waals surface area (Å²) in [5.41, 5.74) is 16.7. The zero-order valence-electron chi connectivity index (χ0n) is 74.7. The van der Waals surface area contributed by atoms with E-state index in [0.29, 0.717) is 126 Å². The fourth-order valence-electron chi connectivity index (χ4n) is 16.4. The molecule has 36 heteroatoms. The summed E-state index contributed by atoms with van der Waals surface area (Å²) in [7, 11) is 3.45. The number of methoxy groups -OCH3 is 2. The standard InChI is InChI=1S/C27H29N7O2.C25H24N6O2.C24H26N8O2.C22H21N7O2/c1-3-36-21-9-7-20(8-10-21)34-17-25(26(33-34)24-16-28-11-12-30-24)32-27(35)23-6-4-5-22(31-23)19-13-18(2)14-29-15-19;1-16-10-17(14-26-13-16)20-7-5-8-22(28-20)25(32)29-23-15-31(18-11-19(12-18)33-2)30-24(23)21-6-3-4-9-27-21;1-2-34-18-8-6-17(7-9-18)32-15-22(23(31-32)21-14-25-10-11-26-21)30-24(33)20-5-3-4-19(29-20)16-12-27-28-13-16;1-31-16-9-15(10-16)29-13-20(21(28-29)18-5-2-3-8-23-18)27-22(30)19-7-4-6-17(26-19)14-11-24-25-12-14/h4-6,11-17,20-21H,3,7-10H2,1-2H3,(H,32,35);3-10,13-15,18-19H,11-12H2,1-2H3,(H,29,32);3-5,10-15,17-18H,2,6-9H2,1H3,(H,27,28)(H,30,33);2-8,11-13,15-16H,9-10H2,1H3,(H,24,25)(H,27,30). The Kier molecular flexibility index (Phi) is 28.9. The SMILES string of the molecule is CCOC1CCC(n2cc(NC(=O)c3cccc(-c4cn[nH]c4)n3)c(-c3cnccn3)n2)CC1.CCOC1CCC(n2cc(NC(=O)c3cccc(-c4cncc(C)c4)n3)c(-c3cnccn3)n2)CC1.COC1CC(n2cc(NC(=O)c3cccc(-c4cn[nH]c4)n3)c(-c3ccccn3)n2)C1.COC1CC(n2cc(NC(=O)c3cccc(-c4cncc(C)c4)n3)c(-c3ccccn3)n2)C1. The Labute approximate surface area is 771 Å². The number of aromatic amines is 2. The first-order chi connectivity index (χ1) is 65.6. The summed E-state index contributed by atoms with van der Waals surface area (Å²) in [6.07, 6.45) is 47.0. The van der Waals surface area contributed by atoms with Crippen LogP contribution >= 0.6 is 0 Å². The molecule has 0 bridgehead atoms. The number of carbonyl (C=O) groups is 4. The van der Waals surface area contributed by atoms with Gasteiger partial charge in [-0.3, -0.25) is 88.0 Å². The van der Waals surface area contributed by atoms with Crippen molar-refractivity contribution in [3.63, 3.8) is 0 Å². The number of pyridine rings is 8. The van der Waals surface area contributed by atoms with E-state index in [1.165, 1.54) is 0 Å². The molecule has 4 saturated carbocycles. The van der Waals surface area contributed by atoms with Gasteiger partial charge in [0.1, 0.15) is 56.9 Å². The number of nitrogens with zero attached hydrogens (tertiary/aromatic N) is 22. The molecule has 680 valence electrons. The summed E-state index contributed by atoms with van der Waals surface area (Å²) in [4.78, 5) is 105. The van der Waals surface area contributed by atoms with Gasteiger partial charge in [0.05, 0.1) is 130 Å². The third-order valence-corrected chi connectivity index (χ3v) is 23.6. The summed E-state index contributed by atoms with van der Waals surface area (Å²) < 4.78 is 30.1. The molecule has 16 heterocycles. The predicted octanol–water partition coefficient (Wildman–Crippen LogP) is 16.4. The van der Waals surface area contributed by atoms with E-state index in [4.69, 9.17) is 39.3 Å². The van der Waals surface area contributed by atoms with E-state index < -0.39 is 0 Å². The van der Waals surface area contributed by atoms with Crippen LogP contribution in [-0.2, 0) is 18.9 Å². The van der Waals surface area contributed by atoms with Crippen LogP contribution in [0, 0.1) is 13.8 Å². The summed E-state index contributed by atoms with van der Waals surface area (Å²) >= 11 is 0. The number of carbonyl (C=O) groups excluding carboxylic acids is 4. The minimum Gasteiger partial charge on any atom is -0.381 e. The van der Waals surface area contributed by atoms with E-state index in [-0.39, 0.29) is 60.0 Å². The topological polar surface area (TPSA) is 437 Å². The maximum absolute atomic E-state index is 13.3. The van der Waals surface area contributed by atoms with Gasteiger partial charge in [0.2, 0.25) is 0 Å². The highest BCUT2D eigenvalue weighted by Crippen LogP contribution is 2.41. The lowest BCUT2D eigenvalue weighted by molar-refractivity contribution is 0.00245. The Bertz CT molecular complexity index is 6610. The number of rotatable bonds is 26. The number of H-pyrrole nitrogens is 2. The molecule has 0 aliphatic heterocycles. The van der Waals surface area contributed by atoms with Gasteiger partial charge in [-0.05, 0) is 201 Å². The number of aryl methyl sites for hydroxylation is 2. The zero-order valence-corrected chi connectivity index (χ0v) is 74.7. The highest BCUT2D eigenvalue weighted by atomic mass is 16.5. The maximum atomic E-state index is 13.3. The second-order valence-corrected chi connectivity index (χ2v) is 32.8. The van der Waals surface area contributed by atoms with Crippen LogP contribution in [0.15, 0.2) is 245 Å². The Morgan fingerprint density at radius 2 is 0.672 bits per heavy atom. The third kappa shape index (κ3) is 22.1. The van der Waals surface area contributed by atoms with Crippen molar-refractivity contribution in [3.8, 4) is 90.6 Å². The number of nitrogens with one attached hydrogen (secondary N) is 6. The van der Waals surface area contributed by atoms with Gasteiger partial charge >= 0.3 is 0 Å². The van der Waals surface area contributed by atoms with Crippen molar-refractivity contribution in [2.45, 2.75) is 153 Å². The largest absolute Gasteiger partial charge is 0.381 e. The summed E-state index contributed by atoms with van der Waals surface area (Å²) in [5.74, 6) is -1.26. The number of hydrogen-bond donors (Lipinski definition) is 6. The smallest absolute Gasteiger partial charge is 0.274 e. The number of aromatic nitrogens is 24. The van der Waals surface area contributed by atoms with Gasteiger partial charge in [0, 0.05) is 149 Å². The highest BCUT2D eigenvalue weighted by molar-refractivity contribution is 6.07. The Morgan fingerprint density at radius 3 is 0.970 bits per heavy atom. The number of hydrogen-bond acceptors (Lipinski definition) is 26. The van der Waals surface area contributed by atoms with Gasteiger partial charge in [0.15, 0.2) is 0 Å². The molecule has 0 radical (unpaired) electrons. The second-order valence-electron chi connectivity index (χ2n) is 32.8. The van der Waals surface area contributed by atoms with Gasteiger partial charge in [-0.1, -0.05) is 36.4 Å². The van der Waals surface area contributed by atoms with E-state index in [0.717, 1.165) is 124 Å². The third-order valence-electron chi connectivity index (χ3n) is 23.6. The van der Waals surface area contributed by atoms with Crippen LogP contribution in [-0.4, -0.2) is 195 Å². The first-order valence-corrected chi connectivity index (χ1v) is 44.6. The Balaban J connectivity index is 0.000000125. The normalized spacial score (nSPS) is 17.7. The monoisotopic (exact) mass is 1800 g/mol. The van der Waals surface area contributed by atoms with Crippen molar-refractivity contribution in [1.82, 2.24) is 119 Å². The predicted molar refractivity (Wildman–Crippen MR) is 501 cm³/mol. The molecule has 0 unspecified atom stereocenters. The lowest BCUT2D eigenvalue weighted by atomic mass is 9.89. The van der Waals surface area contributed by atoms with E-state index in [1.54, 1.807) is 150 Å². The molecule has 16 aromatic rings. The molecule has 36 nitrogen and oxygen atoms in total. The molecule has 4 aliphatic rings. The molecule has 0 spiro atoms. The van der Waals surface area contributed by atoms with E-state index >= 15 is 0 Å². The van der Waals surface area contributed by atoms with Crippen LogP contribution in [0.4, 0.5) is 22.7 Å². The second kappa shape index (κ2) is 42.9. The highest BCUT2D eigenvalue weighted by Gasteiger charge is 2.35. The Hall–Kier alpha value is -15.7. The minimum absolute atomic E-state index is 0.234. The molecule has 4 aliphatic carbocycles. The molecule has 0 saturated heterocycles. The van der Waals surface area contributed by atoms with Crippen LogP contribution in [0.5, 0.6) is 0 Å². The van der Waals surface area contributed by atoms with E-state index in [1.807, 2.05) is 156 Å². The fraction of sp³-hybridized carbons (Fsp3) is 0.286. The molecule has 16 aromatic heterocycles. The molecular formula is C98H100N28O8. The van der Waals surface area contributed by atoms with Crippen molar-refractivity contribution in [2.75, 3.05) is 48.7 Å². The summed E-state index contributed by atoms with van der Waals surface area (Å²) in [5, 5.41) is 44.5. The first kappa shape index (κ1) is 90.3. The maximum Gasteiger partial charge on any atom is 0.274 e. The van der Waals surface area contributed by atoms with Crippen LogP contribution in [0.1, 0.15) is 168 Å². The average Bonchev–Trinajstić information content (AvgIpc) is 1.14. The summed E-state index contributed by atoms with van der Waals surface area (Å²) in [6.45, 7) is 9.48. The van der Waals surface area contributed by atoms with Crippen LogP contribution in [0.2, 0.25) is 0 Å². The van der Waals surface area contributed by atoms with Gasteiger partial charge in [-0.25, -0.2) is 19.9 Å². The Morgan fingerprint density at radius 1 is 0.343 bits per heavy atom. The molecule has 4 fully saturated rings. The molecule has 0 atom stereocenters. The quantitative estimate of drug-likeness (QED) is 0.0293. The van der Waals surface area contributed by atoms with Crippen molar-refractivity contribution < 1.29 is 38.1 Å². The number of anilines is 4. The average molecular weight is 1800 g/mol. The lowest BCUT2D eigenvalue weighted by Gasteiger charge is -2.34. The summed E-state index contributed by atoms with van der Waals surface area (Å²) in [6, 6.07) is 37.6. The van der Waals surface area contributed by atoms with Gasteiger partial charge < -0.3 is 40.2 Å². The van der Waals surface area contributed by atoms with Gasteiger partial charge in [0.25, 0.3) is 23.6 Å². The molecular weight excluding hydrogens is 1700 g/mol. The van der Waals surface area contributed by atoms with Gasteiger partial charge in [-0.15, -0.1) is 0 Å². The molecule has 0 aromatic carbocycles. The zero-order chi connectivity index (χ0) is 92.2. The van der Waals surface area contributed by atoms with Crippen molar-refractivity contribution in [3.05, 3.63) is 279 Å².